The summed E-state index contributed by atoms with van der Waals surface area (Å²) in [5, 5.41) is 0. The summed E-state index contributed by atoms with van der Waals surface area (Å²) in [4.78, 5) is 0. The van der Waals surface area contributed by atoms with Gasteiger partial charge in [-0.05, 0) is 55.8 Å². The van der Waals surface area contributed by atoms with Gasteiger partial charge in [0.15, 0.2) is 0 Å². The molecule has 0 aromatic carbocycles. The molecular weight excluding hydrogens is 204 g/mol. The molecule has 17 heavy (non-hydrogen) atoms. The Hall–Kier alpha value is -0.520. The van der Waals surface area contributed by atoms with E-state index in [1.165, 1.54) is 44.9 Å². The lowest BCUT2D eigenvalue weighted by Gasteiger charge is -2.48. The van der Waals surface area contributed by atoms with Gasteiger partial charge < -0.3 is 0 Å². The lowest BCUT2D eigenvalue weighted by Crippen LogP contribution is -2.36. The highest BCUT2D eigenvalue weighted by atomic mass is 14.5. The van der Waals surface area contributed by atoms with Gasteiger partial charge in [0.05, 0.1) is 0 Å². The van der Waals surface area contributed by atoms with E-state index in [0.29, 0.717) is 5.41 Å². The quantitative estimate of drug-likeness (QED) is 0.530. The average Bonchev–Trinajstić information content (AvgIpc) is 2.16. The van der Waals surface area contributed by atoms with Crippen LogP contribution in [0.4, 0.5) is 0 Å². The van der Waals surface area contributed by atoms with E-state index in [2.05, 4.69) is 39.0 Å². The van der Waals surface area contributed by atoms with E-state index in [1.807, 2.05) is 0 Å². The van der Waals surface area contributed by atoms with Crippen molar-refractivity contribution >= 4 is 0 Å². The Bertz CT molecular complexity index is 304. The minimum atomic E-state index is 0.545. The Labute approximate surface area is 107 Å². The summed E-state index contributed by atoms with van der Waals surface area (Å²) >= 11 is 0. The first-order valence-electron chi connectivity index (χ1n) is 7.54. The fourth-order valence-electron chi connectivity index (χ4n) is 3.22. The smallest absolute Gasteiger partial charge is 0.00523 e. The van der Waals surface area contributed by atoms with Crippen LogP contribution in [0.2, 0.25) is 0 Å². The summed E-state index contributed by atoms with van der Waals surface area (Å²) < 4.78 is 0. The molecule has 96 valence electrons. The van der Waals surface area contributed by atoms with E-state index in [-0.39, 0.29) is 0 Å². The van der Waals surface area contributed by atoms with Crippen LogP contribution in [-0.4, -0.2) is 0 Å². The molecule has 1 saturated carbocycles. The first kappa shape index (κ1) is 12.9. The topological polar surface area (TPSA) is 0 Å². The summed E-state index contributed by atoms with van der Waals surface area (Å²) in [7, 11) is 0. The number of rotatable bonds is 6. The zero-order valence-electron chi connectivity index (χ0n) is 11.8. The number of allylic oxidation sites excluding steroid dienone is 4. The van der Waals surface area contributed by atoms with Crippen LogP contribution in [0.1, 0.15) is 65.7 Å². The molecule has 0 aromatic heterocycles. The summed E-state index contributed by atoms with van der Waals surface area (Å²) in [6.07, 6.45) is 16.9. The van der Waals surface area contributed by atoms with Crippen LogP contribution < -0.4 is 0 Å². The van der Waals surface area contributed by atoms with Crippen molar-refractivity contribution in [3.05, 3.63) is 23.8 Å². The van der Waals surface area contributed by atoms with E-state index in [0.717, 1.165) is 11.8 Å². The van der Waals surface area contributed by atoms with Crippen molar-refractivity contribution in [2.75, 3.05) is 0 Å². The fraction of sp³-hybridized carbons (Fsp3) is 0.765. The molecule has 0 spiro atoms. The van der Waals surface area contributed by atoms with E-state index in [9.17, 15) is 0 Å². The second-order valence-electron chi connectivity index (χ2n) is 6.33. The van der Waals surface area contributed by atoms with Gasteiger partial charge in [-0.1, -0.05) is 51.0 Å². The van der Waals surface area contributed by atoms with Gasteiger partial charge in [0.25, 0.3) is 0 Å². The number of hydrogen-bond donors (Lipinski definition) is 0. The predicted octanol–water partition coefficient (Wildman–Crippen LogP) is 5.51. The van der Waals surface area contributed by atoms with Gasteiger partial charge in [-0.25, -0.2) is 0 Å². The maximum absolute atomic E-state index is 2.65. The van der Waals surface area contributed by atoms with Crippen LogP contribution in [-0.2, 0) is 0 Å². The third-order valence-electron chi connectivity index (χ3n) is 4.96. The molecule has 1 atom stereocenters. The van der Waals surface area contributed by atoms with Crippen LogP contribution >= 0.6 is 0 Å². The van der Waals surface area contributed by atoms with Crippen LogP contribution in [0.15, 0.2) is 23.8 Å². The van der Waals surface area contributed by atoms with Gasteiger partial charge in [0.1, 0.15) is 0 Å². The van der Waals surface area contributed by atoms with Crippen LogP contribution in [0.3, 0.4) is 0 Å². The van der Waals surface area contributed by atoms with Crippen molar-refractivity contribution < 1.29 is 0 Å². The average molecular weight is 232 g/mol. The van der Waals surface area contributed by atoms with E-state index in [1.54, 1.807) is 5.57 Å². The molecule has 0 bridgehead atoms. The van der Waals surface area contributed by atoms with Crippen molar-refractivity contribution in [3.63, 3.8) is 0 Å². The maximum atomic E-state index is 2.65. The molecular formula is C17H28. The highest BCUT2D eigenvalue weighted by molar-refractivity contribution is 5.28. The molecule has 0 nitrogen and oxygen atoms in total. The highest BCUT2D eigenvalue weighted by Gasteiger charge is 2.41. The molecule has 0 aromatic rings. The second kappa shape index (κ2) is 5.42. The highest BCUT2D eigenvalue weighted by Crippen LogP contribution is 2.54. The summed E-state index contributed by atoms with van der Waals surface area (Å²) in [6.45, 7) is 7.02. The van der Waals surface area contributed by atoms with Gasteiger partial charge >= 0.3 is 0 Å². The first-order chi connectivity index (χ1) is 8.18. The normalized spacial score (nSPS) is 29.3. The Morgan fingerprint density at radius 2 is 2.06 bits per heavy atom. The largest absolute Gasteiger partial charge is 0.0888 e. The van der Waals surface area contributed by atoms with Gasteiger partial charge in [-0.2, -0.15) is 0 Å². The Morgan fingerprint density at radius 1 is 1.35 bits per heavy atom. The summed E-state index contributed by atoms with van der Waals surface area (Å²) in [5.41, 5.74) is 2.34. The lowest BCUT2D eigenvalue weighted by atomic mass is 9.57. The predicted molar refractivity (Wildman–Crippen MR) is 76.0 cm³/mol. The SMILES string of the molecule is CCC=CCCC1(C(C)C)C=C(C2CCC2)C1. The molecule has 0 amide bonds. The first-order valence-corrected chi connectivity index (χ1v) is 7.54. The molecule has 0 heteroatoms. The zero-order valence-corrected chi connectivity index (χ0v) is 11.8. The standard InChI is InChI=1S/C17H28/c1-4-5-6-7-11-17(14(2)3)12-16(13-17)15-9-8-10-15/h5-6,12,14-15H,4,7-11,13H2,1-3H3. The van der Waals surface area contributed by atoms with E-state index >= 15 is 0 Å². The van der Waals surface area contributed by atoms with Crippen molar-refractivity contribution in [2.24, 2.45) is 17.3 Å². The molecule has 2 rings (SSSR count). The third kappa shape index (κ3) is 2.67. The molecule has 0 radical (unpaired) electrons. The van der Waals surface area contributed by atoms with Gasteiger partial charge in [-0.15, -0.1) is 0 Å². The van der Waals surface area contributed by atoms with Crippen molar-refractivity contribution in [1.82, 2.24) is 0 Å². The maximum Gasteiger partial charge on any atom is -0.00523 e. The van der Waals surface area contributed by atoms with Gasteiger partial charge in [-0.3, -0.25) is 0 Å². The van der Waals surface area contributed by atoms with Gasteiger partial charge in [0, 0.05) is 0 Å². The third-order valence-corrected chi connectivity index (χ3v) is 4.96. The monoisotopic (exact) mass is 232 g/mol. The van der Waals surface area contributed by atoms with E-state index in [4.69, 9.17) is 0 Å². The lowest BCUT2D eigenvalue weighted by molar-refractivity contribution is 0.182. The van der Waals surface area contributed by atoms with Crippen LogP contribution in [0.5, 0.6) is 0 Å². The molecule has 0 saturated heterocycles. The van der Waals surface area contributed by atoms with Crippen molar-refractivity contribution in [2.45, 2.75) is 65.7 Å². The molecule has 1 unspecified atom stereocenters. The minimum absolute atomic E-state index is 0.545. The Kier molecular flexibility index (Phi) is 4.12. The molecule has 2 aliphatic rings. The van der Waals surface area contributed by atoms with Crippen LogP contribution in [0, 0.1) is 17.3 Å². The molecule has 0 aliphatic heterocycles. The number of hydrogen-bond acceptors (Lipinski definition) is 0. The van der Waals surface area contributed by atoms with Crippen molar-refractivity contribution in [3.8, 4) is 0 Å². The molecule has 0 heterocycles. The molecule has 0 N–H and O–H groups in total. The Balaban J connectivity index is 1.89. The van der Waals surface area contributed by atoms with E-state index < -0.39 is 0 Å². The zero-order chi connectivity index (χ0) is 12.3. The minimum Gasteiger partial charge on any atom is -0.0888 e. The summed E-state index contributed by atoms with van der Waals surface area (Å²) in [6, 6.07) is 0. The second-order valence-corrected chi connectivity index (χ2v) is 6.33. The van der Waals surface area contributed by atoms with Crippen LogP contribution in [0.25, 0.3) is 0 Å². The molecule has 2 aliphatic carbocycles. The summed E-state index contributed by atoms with van der Waals surface area (Å²) in [5.74, 6) is 1.79. The van der Waals surface area contributed by atoms with Gasteiger partial charge in [0.2, 0.25) is 0 Å². The van der Waals surface area contributed by atoms with Crippen molar-refractivity contribution in [1.29, 1.82) is 0 Å². The fourth-order valence-corrected chi connectivity index (χ4v) is 3.22. The molecule has 1 fully saturated rings. The Morgan fingerprint density at radius 3 is 2.53 bits per heavy atom.